The fraction of sp³-hybridized carbons (Fsp3) is 0.700. The van der Waals surface area contributed by atoms with Gasteiger partial charge < -0.3 is 14.6 Å². The van der Waals surface area contributed by atoms with E-state index in [-0.39, 0.29) is 5.82 Å². The highest BCUT2D eigenvalue weighted by Crippen LogP contribution is 2.11. The quantitative estimate of drug-likeness (QED) is 0.787. The molecule has 1 saturated heterocycles. The van der Waals surface area contributed by atoms with Crippen LogP contribution in [0.1, 0.15) is 23.4 Å². The van der Waals surface area contributed by atoms with Crippen molar-refractivity contribution in [3.8, 4) is 0 Å². The standard InChI is InChI=1S/C10H15N3O3S/c1-2-15-10(14)9-12-8(16-13-9)5-7-6-17-4-3-11-7/h7,11H,2-6H2,1H3. The highest BCUT2D eigenvalue weighted by molar-refractivity contribution is 7.99. The lowest BCUT2D eigenvalue weighted by atomic mass is 10.2. The van der Waals surface area contributed by atoms with Crippen molar-refractivity contribution in [3.63, 3.8) is 0 Å². The minimum Gasteiger partial charge on any atom is -0.460 e. The van der Waals surface area contributed by atoms with Gasteiger partial charge in [-0.3, -0.25) is 0 Å². The number of nitrogens with one attached hydrogen (secondary N) is 1. The van der Waals surface area contributed by atoms with Crippen LogP contribution in [0.5, 0.6) is 0 Å². The molecule has 6 nitrogen and oxygen atoms in total. The van der Waals surface area contributed by atoms with Crippen LogP contribution in [-0.2, 0) is 11.2 Å². The van der Waals surface area contributed by atoms with E-state index in [2.05, 4.69) is 15.5 Å². The molecule has 1 aromatic heterocycles. The van der Waals surface area contributed by atoms with Crippen LogP contribution < -0.4 is 5.32 Å². The Bertz CT molecular complexity index is 377. The summed E-state index contributed by atoms with van der Waals surface area (Å²) in [4.78, 5) is 15.3. The van der Waals surface area contributed by atoms with Crippen molar-refractivity contribution in [1.29, 1.82) is 0 Å². The molecule has 0 amide bonds. The molecule has 1 unspecified atom stereocenters. The second-order valence-corrected chi connectivity index (χ2v) is 4.81. The molecule has 7 heteroatoms. The predicted octanol–water partition coefficient (Wildman–Crippen LogP) is 0.494. The first-order valence-corrected chi connectivity index (χ1v) is 6.76. The van der Waals surface area contributed by atoms with Gasteiger partial charge in [0.05, 0.1) is 6.61 Å². The molecular weight excluding hydrogens is 242 g/mol. The van der Waals surface area contributed by atoms with Crippen LogP contribution in [0.25, 0.3) is 0 Å². The SMILES string of the molecule is CCOC(=O)c1noc(CC2CSCCN2)n1. The van der Waals surface area contributed by atoms with Crippen LogP contribution in [0.4, 0.5) is 0 Å². The Morgan fingerprint density at radius 2 is 2.59 bits per heavy atom. The number of aromatic nitrogens is 2. The molecule has 1 atom stereocenters. The zero-order valence-electron chi connectivity index (χ0n) is 9.64. The van der Waals surface area contributed by atoms with Gasteiger partial charge in [0.15, 0.2) is 0 Å². The molecule has 0 aromatic carbocycles. The summed E-state index contributed by atoms with van der Waals surface area (Å²) in [6, 6.07) is 0.337. The van der Waals surface area contributed by atoms with Crippen LogP contribution in [0.2, 0.25) is 0 Å². The molecule has 0 spiro atoms. The third-order valence-corrected chi connectivity index (χ3v) is 3.48. The molecular formula is C10H15N3O3S. The van der Waals surface area contributed by atoms with Crippen LogP contribution in [0, 0.1) is 0 Å². The maximum absolute atomic E-state index is 11.3. The lowest BCUT2D eigenvalue weighted by molar-refractivity contribution is 0.0508. The molecule has 1 fully saturated rings. The van der Waals surface area contributed by atoms with Crippen molar-refractivity contribution in [1.82, 2.24) is 15.5 Å². The lowest BCUT2D eigenvalue weighted by Gasteiger charge is -2.21. The summed E-state index contributed by atoms with van der Waals surface area (Å²) >= 11 is 1.90. The third-order valence-electron chi connectivity index (χ3n) is 2.35. The number of rotatable bonds is 4. The van der Waals surface area contributed by atoms with Crippen molar-refractivity contribution in [2.45, 2.75) is 19.4 Å². The van der Waals surface area contributed by atoms with Gasteiger partial charge in [-0.2, -0.15) is 16.7 Å². The van der Waals surface area contributed by atoms with Gasteiger partial charge in [0.1, 0.15) is 0 Å². The molecule has 1 aromatic rings. The molecule has 1 aliphatic heterocycles. The van der Waals surface area contributed by atoms with Crippen molar-refractivity contribution < 1.29 is 14.1 Å². The summed E-state index contributed by atoms with van der Waals surface area (Å²) in [5, 5.41) is 6.97. The van der Waals surface area contributed by atoms with Gasteiger partial charge >= 0.3 is 5.97 Å². The highest BCUT2D eigenvalue weighted by Gasteiger charge is 2.20. The molecule has 1 N–H and O–H groups in total. The smallest absolute Gasteiger partial charge is 0.379 e. The molecule has 0 aliphatic carbocycles. The third kappa shape index (κ3) is 3.44. The first-order valence-electron chi connectivity index (χ1n) is 5.60. The zero-order valence-corrected chi connectivity index (χ0v) is 10.5. The van der Waals surface area contributed by atoms with E-state index in [4.69, 9.17) is 9.26 Å². The number of ether oxygens (including phenoxy) is 1. The summed E-state index contributed by atoms with van der Waals surface area (Å²) in [5.41, 5.74) is 0. The molecule has 0 saturated carbocycles. The summed E-state index contributed by atoms with van der Waals surface area (Å²) in [6.07, 6.45) is 0.652. The molecule has 0 radical (unpaired) electrons. The topological polar surface area (TPSA) is 77.2 Å². The monoisotopic (exact) mass is 257 g/mol. The van der Waals surface area contributed by atoms with E-state index in [0.717, 1.165) is 18.1 Å². The lowest BCUT2D eigenvalue weighted by Crippen LogP contribution is -2.38. The van der Waals surface area contributed by atoms with Gasteiger partial charge in [-0.15, -0.1) is 0 Å². The van der Waals surface area contributed by atoms with E-state index >= 15 is 0 Å². The molecule has 2 rings (SSSR count). The number of esters is 1. The second-order valence-electron chi connectivity index (χ2n) is 3.66. The average Bonchev–Trinajstić information content (AvgIpc) is 2.79. The Labute approximate surface area is 103 Å². The number of carbonyl (C=O) groups excluding carboxylic acids is 1. The Kier molecular flexibility index (Phi) is 4.38. The summed E-state index contributed by atoms with van der Waals surface area (Å²) < 4.78 is 9.81. The maximum Gasteiger partial charge on any atom is 0.379 e. The van der Waals surface area contributed by atoms with Crippen LogP contribution >= 0.6 is 11.8 Å². The normalized spacial score (nSPS) is 20.2. The molecule has 17 heavy (non-hydrogen) atoms. The Morgan fingerprint density at radius 3 is 3.29 bits per heavy atom. The maximum atomic E-state index is 11.3. The fourth-order valence-electron chi connectivity index (χ4n) is 1.58. The molecule has 0 bridgehead atoms. The van der Waals surface area contributed by atoms with Gasteiger partial charge in [0.2, 0.25) is 5.89 Å². The van der Waals surface area contributed by atoms with E-state index in [9.17, 15) is 4.79 Å². The van der Waals surface area contributed by atoms with Crippen molar-refractivity contribution in [2.24, 2.45) is 0 Å². The summed E-state index contributed by atoms with van der Waals surface area (Å²) in [7, 11) is 0. The van der Waals surface area contributed by atoms with Crippen LogP contribution in [0.15, 0.2) is 4.52 Å². The van der Waals surface area contributed by atoms with Gasteiger partial charge in [-0.05, 0) is 12.1 Å². The minimum atomic E-state index is -0.534. The molecule has 94 valence electrons. The van der Waals surface area contributed by atoms with Gasteiger partial charge in [0.25, 0.3) is 5.82 Å². The summed E-state index contributed by atoms with van der Waals surface area (Å²) in [6.45, 7) is 3.04. The zero-order chi connectivity index (χ0) is 12.1. The Morgan fingerprint density at radius 1 is 1.71 bits per heavy atom. The van der Waals surface area contributed by atoms with Crippen LogP contribution in [0.3, 0.4) is 0 Å². The van der Waals surface area contributed by atoms with E-state index in [1.807, 2.05) is 11.8 Å². The second kappa shape index (κ2) is 6.02. The van der Waals surface area contributed by atoms with Crippen molar-refractivity contribution >= 4 is 17.7 Å². The number of nitrogens with zero attached hydrogens (tertiary/aromatic N) is 2. The molecule has 2 heterocycles. The first-order chi connectivity index (χ1) is 8.29. The number of carbonyl (C=O) groups is 1. The van der Waals surface area contributed by atoms with Crippen LogP contribution in [-0.4, -0.2) is 46.8 Å². The fourth-order valence-corrected chi connectivity index (χ4v) is 2.53. The first kappa shape index (κ1) is 12.4. The molecule has 1 aliphatic rings. The van der Waals surface area contributed by atoms with Crippen molar-refractivity contribution in [3.05, 3.63) is 11.7 Å². The highest BCUT2D eigenvalue weighted by atomic mass is 32.2. The Balaban J connectivity index is 1.91. The van der Waals surface area contributed by atoms with E-state index in [1.54, 1.807) is 6.92 Å². The summed E-state index contributed by atoms with van der Waals surface area (Å²) in [5.74, 6) is 2.11. The van der Waals surface area contributed by atoms with E-state index in [0.29, 0.717) is 25.0 Å². The van der Waals surface area contributed by atoms with Gasteiger partial charge in [-0.25, -0.2) is 4.79 Å². The van der Waals surface area contributed by atoms with Crippen molar-refractivity contribution in [2.75, 3.05) is 24.7 Å². The number of hydrogen-bond acceptors (Lipinski definition) is 7. The largest absolute Gasteiger partial charge is 0.460 e. The Hall–Kier alpha value is -1.08. The average molecular weight is 257 g/mol. The van der Waals surface area contributed by atoms with Gasteiger partial charge in [0, 0.05) is 30.5 Å². The van der Waals surface area contributed by atoms with E-state index in [1.165, 1.54) is 0 Å². The number of thioether (sulfide) groups is 1. The predicted molar refractivity (Wildman–Crippen MR) is 63.1 cm³/mol. The number of hydrogen-bond donors (Lipinski definition) is 1. The minimum absolute atomic E-state index is 0.00492. The van der Waals surface area contributed by atoms with E-state index < -0.39 is 5.97 Å². The van der Waals surface area contributed by atoms with Gasteiger partial charge in [-0.1, -0.05) is 0 Å².